The monoisotopic (exact) mass is 688 g/mol. The molecule has 1 atom stereocenters. The number of nitriles is 1. The Bertz CT molecular complexity index is 2010. The molecule has 248 valence electrons. The number of rotatable bonds is 10. The summed E-state index contributed by atoms with van der Waals surface area (Å²) in [7, 11) is -1.99. The lowest BCUT2D eigenvalue weighted by Crippen LogP contribution is -2.60. The summed E-state index contributed by atoms with van der Waals surface area (Å²) in [6.07, 6.45) is 1.73. The largest absolute Gasteiger partial charge is 0.497 e. The molecule has 13 nitrogen and oxygen atoms in total. The molecule has 0 saturated carbocycles. The SMILES string of the molecule is CCOc1ccccc1C1(C(=O)NN2CCN(c3nccs3)CC2)C(=O)N(S(=O)(=O)c2ccc(OC)cc2OC)c2ccc(C#N)cc21. The maximum absolute atomic E-state index is 15.1. The van der Waals surface area contributed by atoms with E-state index in [1.165, 1.54) is 62.0 Å². The molecule has 1 unspecified atom stereocenters. The predicted octanol–water partition coefficient (Wildman–Crippen LogP) is 3.31. The third-order valence-corrected chi connectivity index (χ3v) is 10.9. The maximum atomic E-state index is 15.1. The van der Waals surface area contributed by atoms with Gasteiger partial charge in [-0.25, -0.2) is 22.7 Å². The van der Waals surface area contributed by atoms with Gasteiger partial charge in [-0.2, -0.15) is 5.26 Å². The molecular formula is C33H32N6O7S2. The van der Waals surface area contributed by atoms with Crippen LogP contribution in [0.2, 0.25) is 0 Å². The zero-order valence-corrected chi connectivity index (χ0v) is 28.0. The van der Waals surface area contributed by atoms with Crippen molar-refractivity contribution in [3.8, 4) is 23.3 Å². The number of hydrogen-bond acceptors (Lipinski definition) is 12. The Morgan fingerprint density at radius 1 is 1.02 bits per heavy atom. The number of nitrogens with zero attached hydrogens (tertiary/aromatic N) is 5. The third kappa shape index (κ3) is 5.37. The predicted molar refractivity (Wildman–Crippen MR) is 178 cm³/mol. The van der Waals surface area contributed by atoms with Gasteiger partial charge in [0.15, 0.2) is 10.5 Å². The van der Waals surface area contributed by atoms with E-state index in [-0.39, 0.29) is 45.4 Å². The van der Waals surface area contributed by atoms with Crippen molar-refractivity contribution >= 4 is 44.0 Å². The molecule has 2 aliphatic heterocycles. The number of hydrogen-bond donors (Lipinski definition) is 1. The average Bonchev–Trinajstić information content (AvgIpc) is 3.73. The minimum Gasteiger partial charge on any atom is -0.497 e. The summed E-state index contributed by atoms with van der Waals surface area (Å²) >= 11 is 1.51. The fraction of sp³-hybridized carbons (Fsp3) is 0.273. The summed E-state index contributed by atoms with van der Waals surface area (Å²) < 4.78 is 46.3. The number of carbonyl (C=O) groups is 2. The highest BCUT2D eigenvalue weighted by atomic mass is 32.2. The van der Waals surface area contributed by atoms with Gasteiger partial charge in [-0.05, 0) is 43.3 Å². The van der Waals surface area contributed by atoms with Gasteiger partial charge >= 0.3 is 0 Å². The summed E-state index contributed by atoms with van der Waals surface area (Å²) in [6, 6.07) is 16.8. The van der Waals surface area contributed by atoms with Gasteiger partial charge < -0.3 is 19.1 Å². The third-order valence-electron chi connectivity index (χ3n) is 8.30. The molecule has 48 heavy (non-hydrogen) atoms. The first kappa shape index (κ1) is 32.8. The number of fused-ring (bicyclic) bond motifs is 1. The van der Waals surface area contributed by atoms with Crippen molar-refractivity contribution in [1.82, 2.24) is 15.4 Å². The molecule has 0 bridgehead atoms. The second kappa shape index (κ2) is 13.1. The Balaban J connectivity index is 1.52. The fourth-order valence-corrected chi connectivity index (χ4v) is 8.36. The minimum atomic E-state index is -4.72. The lowest BCUT2D eigenvalue weighted by atomic mass is 9.73. The van der Waals surface area contributed by atoms with Gasteiger partial charge in [0.2, 0.25) is 0 Å². The van der Waals surface area contributed by atoms with Crippen LogP contribution in [-0.2, 0) is 25.0 Å². The van der Waals surface area contributed by atoms with E-state index in [2.05, 4.69) is 21.4 Å². The Labute approximate surface area is 281 Å². The summed E-state index contributed by atoms with van der Waals surface area (Å²) in [4.78, 5) is 36.2. The van der Waals surface area contributed by atoms with E-state index < -0.39 is 27.3 Å². The number of anilines is 2. The van der Waals surface area contributed by atoms with E-state index in [4.69, 9.17) is 14.2 Å². The van der Waals surface area contributed by atoms with Gasteiger partial charge in [0.25, 0.3) is 21.8 Å². The molecule has 3 aromatic carbocycles. The summed E-state index contributed by atoms with van der Waals surface area (Å²) in [6.45, 7) is 3.88. The summed E-state index contributed by atoms with van der Waals surface area (Å²) in [5.41, 5.74) is 0.858. The number of sulfonamides is 1. The molecule has 4 aromatic rings. The second-order valence-electron chi connectivity index (χ2n) is 10.8. The summed E-state index contributed by atoms with van der Waals surface area (Å²) in [5.74, 6) is -1.36. The van der Waals surface area contributed by atoms with Crippen molar-refractivity contribution < 1.29 is 32.2 Å². The van der Waals surface area contributed by atoms with Crippen LogP contribution in [0.15, 0.2) is 77.1 Å². The van der Waals surface area contributed by atoms with Crippen LogP contribution < -0.4 is 28.8 Å². The van der Waals surface area contributed by atoms with Crippen LogP contribution in [-0.4, -0.2) is 77.2 Å². The number of carbonyl (C=O) groups excluding carboxylic acids is 2. The number of nitrogens with one attached hydrogen (secondary N) is 1. The van der Waals surface area contributed by atoms with Crippen molar-refractivity contribution in [3.63, 3.8) is 0 Å². The Kier molecular flexibility index (Phi) is 8.97. The van der Waals surface area contributed by atoms with Crippen molar-refractivity contribution in [3.05, 3.63) is 88.9 Å². The topological polar surface area (TPSA) is 154 Å². The van der Waals surface area contributed by atoms with E-state index in [1.54, 1.807) is 42.4 Å². The van der Waals surface area contributed by atoms with Crippen molar-refractivity contribution in [2.45, 2.75) is 17.2 Å². The number of piperazine rings is 1. The van der Waals surface area contributed by atoms with Crippen LogP contribution in [0.5, 0.6) is 17.2 Å². The molecule has 2 amide bonds. The molecule has 6 rings (SSSR count). The summed E-state index contributed by atoms with van der Waals surface area (Å²) in [5, 5.41) is 14.4. The van der Waals surface area contributed by atoms with Gasteiger partial charge in [-0.15, -0.1) is 11.3 Å². The van der Waals surface area contributed by atoms with E-state index >= 15 is 4.79 Å². The molecule has 0 radical (unpaired) electrons. The number of amides is 2. The van der Waals surface area contributed by atoms with Gasteiger partial charge in [0, 0.05) is 54.9 Å². The van der Waals surface area contributed by atoms with Crippen molar-refractivity contribution in [2.75, 3.05) is 56.2 Å². The lowest BCUT2D eigenvalue weighted by Gasteiger charge is -2.37. The van der Waals surface area contributed by atoms with Crippen molar-refractivity contribution in [2.24, 2.45) is 0 Å². The zero-order valence-electron chi connectivity index (χ0n) is 26.4. The molecular weight excluding hydrogens is 657 g/mol. The maximum Gasteiger partial charge on any atom is 0.274 e. The average molecular weight is 689 g/mol. The molecule has 0 aliphatic carbocycles. The van der Waals surface area contributed by atoms with Gasteiger partial charge in [-0.1, -0.05) is 18.2 Å². The van der Waals surface area contributed by atoms with Crippen LogP contribution >= 0.6 is 11.3 Å². The van der Waals surface area contributed by atoms with Gasteiger partial charge in [0.1, 0.15) is 22.1 Å². The lowest BCUT2D eigenvalue weighted by molar-refractivity contribution is -0.136. The molecule has 15 heteroatoms. The van der Waals surface area contributed by atoms with Crippen LogP contribution in [0.4, 0.5) is 10.8 Å². The Morgan fingerprint density at radius 2 is 1.79 bits per heavy atom. The van der Waals surface area contributed by atoms with E-state index in [9.17, 15) is 18.5 Å². The Hall–Kier alpha value is -5.17. The normalized spacial score (nSPS) is 17.8. The molecule has 1 N–H and O–H groups in total. The first-order chi connectivity index (χ1) is 23.2. The standard InChI is InChI=1S/C33H32N6O7S2/c1-4-46-27-8-6-5-7-24(27)33(30(40)36-38-16-14-37(15-17-38)32-35-13-18-47-32)25-19-22(21-34)9-11-26(25)39(31(33)41)48(42,43)29-12-10-23(44-2)20-28(29)45-3/h5-13,18-20H,4,14-17H2,1-3H3,(H,36,40). The molecule has 2 aliphatic rings. The molecule has 1 saturated heterocycles. The number of thiazole rings is 1. The molecule has 0 spiro atoms. The highest BCUT2D eigenvalue weighted by Gasteiger charge is 2.62. The number of benzene rings is 3. The smallest absolute Gasteiger partial charge is 0.274 e. The quantitative estimate of drug-likeness (QED) is 0.244. The number of hydrazine groups is 1. The number of aromatic nitrogens is 1. The number of para-hydroxylation sites is 1. The molecule has 1 fully saturated rings. The Morgan fingerprint density at radius 3 is 2.46 bits per heavy atom. The van der Waals surface area contributed by atoms with E-state index in [1.807, 2.05) is 5.38 Å². The van der Waals surface area contributed by atoms with Crippen LogP contribution in [0.3, 0.4) is 0 Å². The fourth-order valence-electron chi connectivity index (χ4n) is 6.05. The first-order valence-corrected chi connectivity index (χ1v) is 17.3. The van der Waals surface area contributed by atoms with Crippen LogP contribution in [0.25, 0.3) is 0 Å². The molecule has 1 aromatic heterocycles. The highest BCUT2D eigenvalue weighted by Crippen LogP contribution is 2.51. The van der Waals surface area contributed by atoms with Crippen LogP contribution in [0.1, 0.15) is 23.6 Å². The second-order valence-corrected chi connectivity index (χ2v) is 13.5. The van der Waals surface area contributed by atoms with Crippen LogP contribution in [0, 0.1) is 11.3 Å². The van der Waals surface area contributed by atoms with Gasteiger partial charge in [-0.3, -0.25) is 15.0 Å². The van der Waals surface area contributed by atoms with E-state index in [0.717, 1.165) is 5.13 Å². The van der Waals surface area contributed by atoms with Gasteiger partial charge in [0.05, 0.1) is 38.1 Å². The first-order valence-electron chi connectivity index (χ1n) is 15.0. The highest BCUT2D eigenvalue weighted by molar-refractivity contribution is 7.93. The van der Waals surface area contributed by atoms with E-state index in [0.29, 0.717) is 36.2 Å². The molecule has 3 heterocycles. The minimum absolute atomic E-state index is 0.0219. The number of ether oxygens (including phenoxy) is 3. The number of methoxy groups -OCH3 is 2. The van der Waals surface area contributed by atoms with Crippen molar-refractivity contribution in [1.29, 1.82) is 5.26 Å². The zero-order chi connectivity index (χ0) is 34.1.